The van der Waals surface area contributed by atoms with Crippen molar-refractivity contribution in [3.63, 3.8) is 0 Å². The Labute approximate surface area is 72.7 Å². The summed E-state index contributed by atoms with van der Waals surface area (Å²) < 4.78 is 0. The van der Waals surface area contributed by atoms with E-state index in [1.54, 1.807) is 12.2 Å². The first-order valence-corrected chi connectivity index (χ1v) is 3.97. The summed E-state index contributed by atoms with van der Waals surface area (Å²) in [4.78, 5) is 11.3. The van der Waals surface area contributed by atoms with Crippen LogP contribution in [-0.4, -0.2) is 5.78 Å². The number of hydrogen-bond acceptors (Lipinski definition) is 1. The summed E-state index contributed by atoms with van der Waals surface area (Å²) in [6.45, 7) is 3.84. The van der Waals surface area contributed by atoms with E-state index in [2.05, 4.69) is 0 Å². The van der Waals surface area contributed by atoms with Gasteiger partial charge in [0.2, 0.25) is 0 Å². The van der Waals surface area contributed by atoms with Crippen LogP contribution < -0.4 is 0 Å². The van der Waals surface area contributed by atoms with Gasteiger partial charge in [-0.3, -0.25) is 4.79 Å². The topological polar surface area (TPSA) is 17.1 Å². The molecule has 0 fully saturated rings. The van der Waals surface area contributed by atoms with Crippen LogP contribution in [0.5, 0.6) is 0 Å². The monoisotopic (exact) mass is 160 g/mol. The first kappa shape index (κ1) is 8.72. The zero-order valence-corrected chi connectivity index (χ0v) is 7.37. The van der Waals surface area contributed by atoms with Crippen LogP contribution in [0.2, 0.25) is 0 Å². The highest BCUT2D eigenvalue weighted by Gasteiger charge is 1.98. The summed E-state index contributed by atoms with van der Waals surface area (Å²) in [5.74, 6) is 0.0671. The molecule has 0 heterocycles. The molecule has 1 aromatic carbocycles. The van der Waals surface area contributed by atoms with Gasteiger partial charge in [0.05, 0.1) is 0 Å². The molecular weight excluding hydrogens is 148 g/mol. The van der Waals surface area contributed by atoms with Gasteiger partial charge in [0, 0.05) is 5.56 Å². The van der Waals surface area contributed by atoms with Gasteiger partial charge in [0.15, 0.2) is 5.78 Å². The highest BCUT2D eigenvalue weighted by atomic mass is 16.1. The van der Waals surface area contributed by atoms with Crippen molar-refractivity contribution in [2.24, 2.45) is 0 Å². The standard InChI is InChI=1S/C11H12O/c1-3-4-11(12)10-7-5-9(2)6-8-10/h3-8H,1-2H3. The molecule has 0 aliphatic carbocycles. The van der Waals surface area contributed by atoms with Crippen LogP contribution >= 0.6 is 0 Å². The summed E-state index contributed by atoms with van der Waals surface area (Å²) in [6.07, 6.45) is 3.33. The van der Waals surface area contributed by atoms with Crippen LogP contribution in [0.4, 0.5) is 0 Å². The van der Waals surface area contributed by atoms with Gasteiger partial charge in [-0.2, -0.15) is 0 Å². The quantitative estimate of drug-likeness (QED) is 0.480. The van der Waals surface area contributed by atoms with Crippen LogP contribution in [-0.2, 0) is 0 Å². The zero-order valence-electron chi connectivity index (χ0n) is 7.37. The molecule has 0 saturated heterocycles. The van der Waals surface area contributed by atoms with Crippen molar-refractivity contribution in [1.82, 2.24) is 0 Å². The molecule has 1 nitrogen and oxygen atoms in total. The smallest absolute Gasteiger partial charge is 0.185 e. The van der Waals surface area contributed by atoms with E-state index in [1.807, 2.05) is 38.1 Å². The predicted octanol–water partition coefficient (Wildman–Crippen LogP) is 2.75. The Hall–Kier alpha value is -1.37. The van der Waals surface area contributed by atoms with Gasteiger partial charge in [0.1, 0.15) is 0 Å². The first-order valence-electron chi connectivity index (χ1n) is 3.97. The summed E-state index contributed by atoms with van der Waals surface area (Å²) in [6, 6.07) is 7.57. The number of aryl methyl sites for hydroxylation is 1. The molecule has 62 valence electrons. The molecule has 0 aliphatic heterocycles. The van der Waals surface area contributed by atoms with E-state index in [4.69, 9.17) is 0 Å². The number of benzene rings is 1. The largest absolute Gasteiger partial charge is 0.289 e. The Morgan fingerprint density at radius 2 is 1.83 bits per heavy atom. The van der Waals surface area contributed by atoms with Crippen molar-refractivity contribution >= 4 is 5.78 Å². The molecule has 12 heavy (non-hydrogen) atoms. The number of hydrogen-bond donors (Lipinski definition) is 0. The van der Waals surface area contributed by atoms with Crippen molar-refractivity contribution in [2.45, 2.75) is 13.8 Å². The maximum Gasteiger partial charge on any atom is 0.185 e. The molecule has 0 aliphatic rings. The highest BCUT2D eigenvalue weighted by molar-refractivity contribution is 6.04. The molecule has 0 aromatic heterocycles. The number of carbonyl (C=O) groups is 1. The zero-order chi connectivity index (χ0) is 8.97. The Morgan fingerprint density at radius 1 is 1.25 bits per heavy atom. The van der Waals surface area contributed by atoms with Gasteiger partial charge in [-0.25, -0.2) is 0 Å². The summed E-state index contributed by atoms with van der Waals surface area (Å²) in [5, 5.41) is 0. The van der Waals surface area contributed by atoms with Crippen LogP contribution in [0.25, 0.3) is 0 Å². The number of ketones is 1. The van der Waals surface area contributed by atoms with E-state index in [0.717, 1.165) is 5.56 Å². The van der Waals surface area contributed by atoms with Crippen LogP contribution in [0.15, 0.2) is 36.4 Å². The molecule has 0 unspecified atom stereocenters. The van der Waals surface area contributed by atoms with E-state index >= 15 is 0 Å². The lowest BCUT2D eigenvalue weighted by atomic mass is 10.1. The molecule has 0 spiro atoms. The van der Waals surface area contributed by atoms with Crippen LogP contribution in [0.1, 0.15) is 22.8 Å². The van der Waals surface area contributed by atoms with Gasteiger partial charge in [-0.15, -0.1) is 0 Å². The molecule has 1 heteroatoms. The normalized spacial score (nSPS) is 10.5. The fourth-order valence-corrected chi connectivity index (χ4v) is 0.965. The van der Waals surface area contributed by atoms with Crippen molar-refractivity contribution in [2.75, 3.05) is 0 Å². The number of rotatable bonds is 2. The van der Waals surface area contributed by atoms with E-state index in [0.29, 0.717) is 0 Å². The molecule has 0 atom stereocenters. The third kappa shape index (κ3) is 2.06. The molecule has 0 amide bonds. The first-order chi connectivity index (χ1) is 5.74. The second kappa shape index (κ2) is 3.86. The number of carbonyl (C=O) groups excluding carboxylic acids is 1. The summed E-state index contributed by atoms with van der Waals surface area (Å²) >= 11 is 0. The molecule has 0 radical (unpaired) electrons. The van der Waals surface area contributed by atoms with E-state index in [9.17, 15) is 4.79 Å². The van der Waals surface area contributed by atoms with Crippen molar-refractivity contribution in [1.29, 1.82) is 0 Å². The minimum atomic E-state index is 0.0671. The average Bonchev–Trinajstić information content (AvgIpc) is 2.06. The molecular formula is C11H12O. The lowest BCUT2D eigenvalue weighted by Gasteiger charge is -1.95. The summed E-state index contributed by atoms with van der Waals surface area (Å²) in [5.41, 5.74) is 1.92. The highest BCUT2D eigenvalue weighted by Crippen LogP contribution is 2.04. The van der Waals surface area contributed by atoms with Crippen molar-refractivity contribution < 1.29 is 4.79 Å². The van der Waals surface area contributed by atoms with Crippen LogP contribution in [0, 0.1) is 6.92 Å². The van der Waals surface area contributed by atoms with Gasteiger partial charge >= 0.3 is 0 Å². The Kier molecular flexibility index (Phi) is 2.81. The SMILES string of the molecule is CC=CC(=O)c1ccc(C)cc1. The Morgan fingerprint density at radius 3 is 2.33 bits per heavy atom. The van der Waals surface area contributed by atoms with E-state index < -0.39 is 0 Å². The minimum absolute atomic E-state index is 0.0671. The Balaban J connectivity index is 2.90. The lowest BCUT2D eigenvalue weighted by Crippen LogP contribution is -1.92. The third-order valence-electron chi connectivity index (χ3n) is 1.65. The minimum Gasteiger partial charge on any atom is -0.289 e. The van der Waals surface area contributed by atoms with Crippen LogP contribution in [0.3, 0.4) is 0 Å². The van der Waals surface area contributed by atoms with Crippen molar-refractivity contribution in [3.05, 3.63) is 47.5 Å². The molecule has 0 bridgehead atoms. The van der Waals surface area contributed by atoms with E-state index in [-0.39, 0.29) is 5.78 Å². The molecule has 1 aromatic rings. The van der Waals surface area contributed by atoms with Gasteiger partial charge in [-0.1, -0.05) is 35.9 Å². The number of allylic oxidation sites excluding steroid dienone is 2. The fraction of sp³-hybridized carbons (Fsp3) is 0.182. The molecule has 0 N–H and O–H groups in total. The Bertz CT molecular complexity index is 293. The maximum atomic E-state index is 11.3. The average molecular weight is 160 g/mol. The van der Waals surface area contributed by atoms with Gasteiger partial charge in [-0.05, 0) is 19.9 Å². The van der Waals surface area contributed by atoms with Gasteiger partial charge < -0.3 is 0 Å². The van der Waals surface area contributed by atoms with Crippen molar-refractivity contribution in [3.8, 4) is 0 Å². The molecule has 1 rings (SSSR count). The third-order valence-corrected chi connectivity index (χ3v) is 1.65. The summed E-state index contributed by atoms with van der Waals surface area (Å²) in [7, 11) is 0. The fourth-order valence-electron chi connectivity index (χ4n) is 0.965. The van der Waals surface area contributed by atoms with Gasteiger partial charge in [0.25, 0.3) is 0 Å². The predicted molar refractivity (Wildman–Crippen MR) is 50.3 cm³/mol. The van der Waals surface area contributed by atoms with E-state index in [1.165, 1.54) is 5.56 Å². The lowest BCUT2D eigenvalue weighted by molar-refractivity contribution is 0.104. The second-order valence-electron chi connectivity index (χ2n) is 2.73. The maximum absolute atomic E-state index is 11.3. The molecule has 0 saturated carbocycles. The second-order valence-corrected chi connectivity index (χ2v) is 2.73.